The molecule has 110 valence electrons. The van der Waals surface area contributed by atoms with E-state index in [2.05, 4.69) is 23.7 Å². The van der Waals surface area contributed by atoms with Gasteiger partial charge in [0.2, 0.25) is 0 Å². The number of esters is 1. The second-order valence-electron chi connectivity index (χ2n) is 6.04. The average molecular weight is 277 g/mol. The number of anilines is 2. The largest absolute Gasteiger partial charge is 0.462 e. The molecule has 0 amide bonds. The van der Waals surface area contributed by atoms with Gasteiger partial charge in [0.1, 0.15) is 5.82 Å². The lowest BCUT2D eigenvalue weighted by atomic mass is 9.84. The lowest BCUT2D eigenvalue weighted by Gasteiger charge is -2.38. The Bertz CT molecular complexity index is 500. The Balaban J connectivity index is 2.25. The summed E-state index contributed by atoms with van der Waals surface area (Å²) in [5, 5.41) is 0. The van der Waals surface area contributed by atoms with E-state index >= 15 is 0 Å². The van der Waals surface area contributed by atoms with Crippen LogP contribution in [0.5, 0.6) is 0 Å². The van der Waals surface area contributed by atoms with E-state index in [1.54, 1.807) is 19.2 Å². The molecule has 1 aromatic rings. The Morgan fingerprint density at radius 1 is 1.55 bits per heavy atom. The molecular formula is C15H23N3O2. The molecule has 0 atom stereocenters. The van der Waals surface area contributed by atoms with E-state index in [9.17, 15) is 4.79 Å². The van der Waals surface area contributed by atoms with Gasteiger partial charge in [0.15, 0.2) is 0 Å². The van der Waals surface area contributed by atoms with Crippen LogP contribution in [0.3, 0.4) is 0 Å². The first-order valence-electron chi connectivity index (χ1n) is 7.10. The smallest absolute Gasteiger partial charge is 0.340 e. The van der Waals surface area contributed by atoms with E-state index in [-0.39, 0.29) is 11.4 Å². The number of piperidine rings is 1. The van der Waals surface area contributed by atoms with Crippen LogP contribution in [0.4, 0.5) is 11.5 Å². The molecule has 1 fully saturated rings. The highest BCUT2D eigenvalue weighted by atomic mass is 16.5. The number of hydrogen-bond acceptors (Lipinski definition) is 5. The van der Waals surface area contributed by atoms with Gasteiger partial charge in [-0.1, -0.05) is 13.8 Å². The molecule has 1 aromatic heterocycles. The van der Waals surface area contributed by atoms with Crippen LogP contribution in [-0.4, -0.2) is 30.6 Å². The molecule has 0 bridgehead atoms. The fraction of sp³-hybridized carbons (Fsp3) is 0.600. The molecule has 2 rings (SSSR count). The summed E-state index contributed by atoms with van der Waals surface area (Å²) in [6, 6.07) is 1.74. The first kappa shape index (κ1) is 14.6. The van der Waals surface area contributed by atoms with E-state index < -0.39 is 0 Å². The molecule has 0 spiro atoms. The second-order valence-corrected chi connectivity index (χ2v) is 6.04. The van der Waals surface area contributed by atoms with E-state index in [1.807, 2.05) is 0 Å². The van der Waals surface area contributed by atoms with Crippen molar-refractivity contribution in [2.45, 2.75) is 33.6 Å². The van der Waals surface area contributed by atoms with E-state index in [0.717, 1.165) is 25.3 Å². The highest BCUT2D eigenvalue weighted by Crippen LogP contribution is 2.31. The van der Waals surface area contributed by atoms with Crippen molar-refractivity contribution in [2.24, 2.45) is 5.41 Å². The minimum absolute atomic E-state index is 0.269. The fourth-order valence-corrected chi connectivity index (χ4v) is 2.63. The second kappa shape index (κ2) is 5.69. The van der Waals surface area contributed by atoms with Crippen molar-refractivity contribution in [3.05, 3.63) is 17.8 Å². The molecule has 1 aliphatic rings. The number of pyridine rings is 1. The van der Waals surface area contributed by atoms with Crippen molar-refractivity contribution >= 4 is 17.5 Å². The van der Waals surface area contributed by atoms with Gasteiger partial charge in [-0.2, -0.15) is 0 Å². The van der Waals surface area contributed by atoms with Crippen molar-refractivity contribution in [1.82, 2.24) is 4.98 Å². The van der Waals surface area contributed by atoms with Gasteiger partial charge in [-0.05, 0) is 31.2 Å². The Hall–Kier alpha value is -1.78. The SMILES string of the molecule is CCOC(=O)c1cc(N2CCCC(C)(C)C2)ncc1N. The molecule has 0 unspecified atom stereocenters. The number of nitrogens with zero attached hydrogens (tertiary/aromatic N) is 2. The van der Waals surface area contributed by atoms with Crippen LogP contribution < -0.4 is 10.6 Å². The molecule has 0 radical (unpaired) electrons. The van der Waals surface area contributed by atoms with Crippen LogP contribution >= 0.6 is 0 Å². The Labute approximate surface area is 120 Å². The summed E-state index contributed by atoms with van der Waals surface area (Å²) in [6.07, 6.45) is 3.89. The number of carbonyl (C=O) groups excluding carboxylic acids is 1. The number of rotatable bonds is 3. The molecule has 0 aromatic carbocycles. The molecule has 0 aliphatic carbocycles. The Morgan fingerprint density at radius 3 is 2.95 bits per heavy atom. The van der Waals surface area contributed by atoms with Gasteiger partial charge in [0.25, 0.3) is 0 Å². The lowest BCUT2D eigenvalue weighted by molar-refractivity contribution is 0.0527. The topological polar surface area (TPSA) is 68.5 Å². The van der Waals surface area contributed by atoms with E-state index in [4.69, 9.17) is 10.5 Å². The normalized spacial score (nSPS) is 17.9. The quantitative estimate of drug-likeness (QED) is 0.860. The van der Waals surface area contributed by atoms with Crippen molar-refractivity contribution in [3.8, 4) is 0 Å². The zero-order chi connectivity index (χ0) is 14.8. The van der Waals surface area contributed by atoms with E-state index in [0.29, 0.717) is 17.9 Å². The zero-order valence-corrected chi connectivity index (χ0v) is 12.5. The molecule has 1 aliphatic heterocycles. The predicted molar refractivity (Wildman–Crippen MR) is 79.8 cm³/mol. The fourth-order valence-electron chi connectivity index (χ4n) is 2.63. The average Bonchev–Trinajstić information content (AvgIpc) is 2.38. The third kappa shape index (κ3) is 3.21. The van der Waals surface area contributed by atoms with Gasteiger partial charge in [0.05, 0.1) is 24.1 Å². The van der Waals surface area contributed by atoms with Gasteiger partial charge in [-0.3, -0.25) is 0 Å². The highest BCUT2D eigenvalue weighted by molar-refractivity contribution is 5.95. The first-order valence-corrected chi connectivity index (χ1v) is 7.10. The molecule has 20 heavy (non-hydrogen) atoms. The van der Waals surface area contributed by atoms with Crippen LogP contribution in [0.1, 0.15) is 44.0 Å². The molecule has 1 saturated heterocycles. The maximum absolute atomic E-state index is 11.9. The summed E-state index contributed by atoms with van der Waals surface area (Å²) >= 11 is 0. The zero-order valence-electron chi connectivity index (χ0n) is 12.5. The molecule has 2 N–H and O–H groups in total. The number of nitrogens with two attached hydrogens (primary N) is 1. The maximum atomic E-state index is 11.9. The lowest BCUT2D eigenvalue weighted by Crippen LogP contribution is -2.40. The minimum atomic E-state index is -0.384. The number of ether oxygens (including phenoxy) is 1. The predicted octanol–water partition coefficient (Wildman–Crippen LogP) is 2.47. The third-order valence-corrected chi connectivity index (χ3v) is 3.64. The van der Waals surface area contributed by atoms with Gasteiger partial charge < -0.3 is 15.4 Å². The first-order chi connectivity index (χ1) is 9.43. The summed E-state index contributed by atoms with van der Waals surface area (Å²) in [4.78, 5) is 18.5. The third-order valence-electron chi connectivity index (χ3n) is 3.64. The van der Waals surface area contributed by atoms with Crippen molar-refractivity contribution in [1.29, 1.82) is 0 Å². The monoisotopic (exact) mass is 277 g/mol. The molecular weight excluding hydrogens is 254 g/mol. The van der Waals surface area contributed by atoms with Crippen molar-refractivity contribution < 1.29 is 9.53 Å². The minimum Gasteiger partial charge on any atom is -0.462 e. The number of nitrogen functional groups attached to an aromatic ring is 1. The summed E-state index contributed by atoms with van der Waals surface area (Å²) in [5.74, 6) is 0.417. The summed E-state index contributed by atoms with van der Waals surface area (Å²) in [7, 11) is 0. The number of hydrogen-bond donors (Lipinski definition) is 1. The van der Waals surface area contributed by atoms with Crippen LogP contribution in [0.15, 0.2) is 12.3 Å². The molecule has 2 heterocycles. The summed E-state index contributed by atoms with van der Waals surface area (Å²) in [6.45, 7) is 8.52. The Morgan fingerprint density at radius 2 is 2.30 bits per heavy atom. The van der Waals surface area contributed by atoms with Gasteiger partial charge in [-0.15, -0.1) is 0 Å². The van der Waals surface area contributed by atoms with Gasteiger partial charge in [0, 0.05) is 13.1 Å². The molecule has 5 heteroatoms. The standard InChI is InChI=1S/C15H23N3O2/c1-4-20-14(19)11-8-13(17-9-12(11)16)18-7-5-6-15(2,3)10-18/h8-9H,4-7,10,16H2,1-3H3. The summed E-state index contributed by atoms with van der Waals surface area (Å²) < 4.78 is 5.03. The molecule has 0 saturated carbocycles. The summed E-state index contributed by atoms with van der Waals surface area (Å²) in [5.41, 5.74) is 6.86. The highest BCUT2D eigenvalue weighted by Gasteiger charge is 2.27. The van der Waals surface area contributed by atoms with E-state index in [1.165, 1.54) is 6.42 Å². The maximum Gasteiger partial charge on any atom is 0.340 e. The van der Waals surface area contributed by atoms with Gasteiger partial charge >= 0.3 is 5.97 Å². The van der Waals surface area contributed by atoms with Crippen molar-refractivity contribution in [2.75, 3.05) is 30.3 Å². The van der Waals surface area contributed by atoms with Crippen LogP contribution in [0.2, 0.25) is 0 Å². The van der Waals surface area contributed by atoms with Crippen molar-refractivity contribution in [3.63, 3.8) is 0 Å². The van der Waals surface area contributed by atoms with Crippen LogP contribution in [0, 0.1) is 5.41 Å². The van der Waals surface area contributed by atoms with Crippen LogP contribution in [-0.2, 0) is 4.74 Å². The molecule has 5 nitrogen and oxygen atoms in total. The Kier molecular flexibility index (Phi) is 4.16. The van der Waals surface area contributed by atoms with Gasteiger partial charge in [-0.25, -0.2) is 9.78 Å². The number of carbonyl (C=O) groups is 1. The van der Waals surface area contributed by atoms with Crippen LogP contribution in [0.25, 0.3) is 0 Å². The number of aromatic nitrogens is 1.